The topological polar surface area (TPSA) is 139 Å². The van der Waals surface area contributed by atoms with E-state index in [1.807, 2.05) is 0 Å². The second-order valence-corrected chi connectivity index (χ2v) is 5.28. The van der Waals surface area contributed by atoms with Gasteiger partial charge in [0.25, 0.3) is 11.5 Å². The minimum Gasteiger partial charge on any atom is -0.486 e. The Hall–Kier alpha value is -3.63. The molecule has 10 nitrogen and oxygen atoms in total. The van der Waals surface area contributed by atoms with E-state index in [-0.39, 0.29) is 29.6 Å². The summed E-state index contributed by atoms with van der Waals surface area (Å²) in [5, 5.41) is 15.8. The van der Waals surface area contributed by atoms with Crippen LogP contribution in [-0.2, 0) is 6.61 Å². The number of halogens is 1. The standard InChI is InChI=1S/C15H14FN7O3/c1-8(13-20-22-23-21-13)18-14(24)11-6-17-12(19-15(11)25)7-26-10-4-2-9(16)3-5-10/h2-6,8H,7H2,1H3,(H,18,24)(H,17,19,25)(H,20,21,22,23)/t8-/m1/s1. The zero-order valence-electron chi connectivity index (χ0n) is 13.6. The van der Waals surface area contributed by atoms with Gasteiger partial charge in [-0.15, -0.1) is 10.2 Å². The van der Waals surface area contributed by atoms with Crippen molar-refractivity contribution in [1.82, 2.24) is 35.9 Å². The lowest BCUT2D eigenvalue weighted by molar-refractivity contribution is 0.0936. The minimum absolute atomic E-state index is 0.0396. The number of H-pyrrole nitrogens is 2. The first kappa shape index (κ1) is 17.2. The number of carbonyl (C=O) groups excluding carboxylic acids is 1. The van der Waals surface area contributed by atoms with Gasteiger partial charge in [0.15, 0.2) is 5.82 Å². The summed E-state index contributed by atoms with van der Waals surface area (Å²) >= 11 is 0. The molecule has 0 saturated carbocycles. The van der Waals surface area contributed by atoms with Gasteiger partial charge < -0.3 is 15.0 Å². The maximum atomic E-state index is 12.8. The third-order valence-electron chi connectivity index (χ3n) is 3.38. The van der Waals surface area contributed by atoms with Crippen molar-refractivity contribution >= 4 is 5.91 Å². The van der Waals surface area contributed by atoms with E-state index >= 15 is 0 Å². The average Bonchev–Trinajstić information content (AvgIpc) is 3.16. The molecule has 11 heteroatoms. The number of nitrogens with zero attached hydrogens (tertiary/aromatic N) is 4. The molecule has 3 rings (SSSR count). The van der Waals surface area contributed by atoms with Gasteiger partial charge in [-0.1, -0.05) is 5.21 Å². The predicted octanol–water partition coefficient (Wildman–Crippen LogP) is 0.492. The minimum atomic E-state index is -0.623. The molecule has 1 amide bonds. The summed E-state index contributed by atoms with van der Waals surface area (Å²) in [4.78, 5) is 30.7. The summed E-state index contributed by atoms with van der Waals surface area (Å²) in [6, 6.07) is 4.87. The van der Waals surface area contributed by atoms with Gasteiger partial charge in [0.05, 0.1) is 6.04 Å². The van der Waals surface area contributed by atoms with E-state index in [0.29, 0.717) is 5.75 Å². The Morgan fingerprint density at radius 1 is 1.35 bits per heavy atom. The molecular formula is C15H14FN7O3. The van der Waals surface area contributed by atoms with Crippen LogP contribution in [0.3, 0.4) is 0 Å². The number of tetrazole rings is 1. The number of aromatic nitrogens is 6. The maximum Gasteiger partial charge on any atom is 0.263 e. The summed E-state index contributed by atoms with van der Waals surface area (Å²) in [6.07, 6.45) is 1.15. The van der Waals surface area contributed by atoms with Gasteiger partial charge in [-0.25, -0.2) is 9.37 Å². The molecular weight excluding hydrogens is 345 g/mol. The van der Waals surface area contributed by atoms with Crippen LogP contribution in [0.2, 0.25) is 0 Å². The lowest BCUT2D eigenvalue weighted by Gasteiger charge is -2.10. The van der Waals surface area contributed by atoms with Gasteiger partial charge >= 0.3 is 0 Å². The molecule has 26 heavy (non-hydrogen) atoms. The molecule has 0 radical (unpaired) electrons. The summed E-state index contributed by atoms with van der Waals surface area (Å²) in [7, 11) is 0. The Morgan fingerprint density at radius 3 is 2.77 bits per heavy atom. The van der Waals surface area contributed by atoms with Crippen molar-refractivity contribution in [3.8, 4) is 5.75 Å². The van der Waals surface area contributed by atoms with Crippen LogP contribution in [0.15, 0.2) is 35.3 Å². The number of ether oxygens (including phenoxy) is 1. The van der Waals surface area contributed by atoms with Gasteiger partial charge in [0.2, 0.25) is 0 Å². The van der Waals surface area contributed by atoms with Crippen molar-refractivity contribution in [2.24, 2.45) is 0 Å². The van der Waals surface area contributed by atoms with E-state index in [9.17, 15) is 14.0 Å². The van der Waals surface area contributed by atoms with Crippen molar-refractivity contribution in [3.63, 3.8) is 0 Å². The van der Waals surface area contributed by atoms with Crippen LogP contribution < -0.4 is 15.6 Å². The molecule has 0 spiro atoms. The number of rotatable bonds is 6. The van der Waals surface area contributed by atoms with Crippen molar-refractivity contribution in [2.45, 2.75) is 19.6 Å². The third-order valence-corrected chi connectivity index (χ3v) is 3.38. The number of benzene rings is 1. The van der Waals surface area contributed by atoms with Crippen molar-refractivity contribution < 1.29 is 13.9 Å². The molecule has 0 aliphatic carbocycles. The number of hydrogen-bond donors (Lipinski definition) is 3. The van der Waals surface area contributed by atoms with Crippen LogP contribution in [-0.4, -0.2) is 36.5 Å². The molecule has 1 atom stereocenters. The summed E-state index contributed by atoms with van der Waals surface area (Å²) in [6.45, 7) is 1.61. The second kappa shape index (κ2) is 7.51. The lowest BCUT2D eigenvalue weighted by atomic mass is 10.2. The van der Waals surface area contributed by atoms with E-state index in [0.717, 1.165) is 6.20 Å². The van der Waals surface area contributed by atoms with Crippen LogP contribution >= 0.6 is 0 Å². The van der Waals surface area contributed by atoms with E-state index in [2.05, 4.69) is 35.9 Å². The summed E-state index contributed by atoms with van der Waals surface area (Å²) in [5.41, 5.74) is -0.776. The van der Waals surface area contributed by atoms with Gasteiger partial charge in [0, 0.05) is 6.20 Å². The third kappa shape index (κ3) is 4.06. The average molecular weight is 359 g/mol. The first-order valence-corrected chi connectivity index (χ1v) is 7.53. The zero-order valence-corrected chi connectivity index (χ0v) is 13.6. The summed E-state index contributed by atoms with van der Waals surface area (Å²) < 4.78 is 18.2. The molecule has 3 N–H and O–H groups in total. The number of aromatic amines is 2. The van der Waals surface area contributed by atoms with Crippen LogP contribution in [0.25, 0.3) is 0 Å². The van der Waals surface area contributed by atoms with Gasteiger partial charge in [-0.05, 0) is 31.2 Å². The number of carbonyl (C=O) groups is 1. The molecule has 0 bridgehead atoms. The van der Waals surface area contributed by atoms with E-state index < -0.39 is 17.5 Å². The maximum absolute atomic E-state index is 12.8. The molecule has 2 heterocycles. The zero-order chi connectivity index (χ0) is 18.5. The fourth-order valence-corrected chi connectivity index (χ4v) is 2.04. The molecule has 0 saturated heterocycles. The largest absolute Gasteiger partial charge is 0.486 e. The Balaban J connectivity index is 1.64. The lowest BCUT2D eigenvalue weighted by Crippen LogP contribution is -2.32. The Morgan fingerprint density at radius 2 is 2.12 bits per heavy atom. The molecule has 0 aliphatic heterocycles. The van der Waals surface area contributed by atoms with Crippen LogP contribution in [0.5, 0.6) is 5.75 Å². The fraction of sp³-hybridized carbons (Fsp3) is 0.200. The highest BCUT2D eigenvalue weighted by Crippen LogP contribution is 2.12. The smallest absolute Gasteiger partial charge is 0.263 e. The van der Waals surface area contributed by atoms with E-state index in [1.54, 1.807) is 6.92 Å². The number of nitrogens with one attached hydrogen (secondary N) is 3. The summed E-state index contributed by atoms with van der Waals surface area (Å²) in [5.74, 6) is -0.0738. The molecule has 0 aliphatic rings. The van der Waals surface area contributed by atoms with Gasteiger partial charge in [0.1, 0.15) is 29.6 Å². The predicted molar refractivity (Wildman–Crippen MR) is 85.6 cm³/mol. The van der Waals surface area contributed by atoms with Gasteiger partial charge in [-0.2, -0.15) is 5.21 Å². The Kier molecular flexibility index (Phi) is 4.97. The highest BCUT2D eigenvalue weighted by molar-refractivity contribution is 5.93. The van der Waals surface area contributed by atoms with Crippen molar-refractivity contribution in [1.29, 1.82) is 0 Å². The number of amides is 1. The van der Waals surface area contributed by atoms with Crippen LogP contribution in [0.4, 0.5) is 4.39 Å². The molecule has 3 aromatic rings. The van der Waals surface area contributed by atoms with Crippen LogP contribution in [0.1, 0.15) is 35.0 Å². The quantitative estimate of drug-likeness (QED) is 0.582. The second-order valence-electron chi connectivity index (χ2n) is 5.28. The Bertz CT molecular complexity index is 941. The molecule has 0 fully saturated rings. The first-order valence-electron chi connectivity index (χ1n) is 7.53. The van der Waals surface area contributed by atoms with Crippen molar-refractivity contribution in [3.05, 3.63) is 63.8 Å². The molecule has 1 aromatic carbocycles. The van der Waals surface area contributed by atoms with Gasteiger partial charge in [-0.3, -0.25) is 9.59 Å². The highest BCUT2D eigenvalue weighted by atomic mass is 19.1. The normalized spacial score (nSPS) is 11.8. The number of hydrogen-bond acceptors (Lipinski definition) is 7. The van der Waals surface area contributed by atoms with E-state index in [4.69, 9.17) is 4.74 Å². The van der Waals surface area contributed by atoms with Crippen LogP contribution in [0, 0.1) is 5.82 Å². The SMILES string of the molecule is C[C@@H](NC(=O)c1cnc(COc2ccc(F)cc2)[nH]c1=O)c1nn[nH]n1. The fourth-order valence-electron chi connectivity index (χ4n) is 2.04. The Labute approximate surface area is 145 Å². The highest BCUT2D eigenvalue weighted by Gasteiger charge is 2.17. The monoisotopic (exact) mass is 359 g/mol. The molecule has 0 unspecified atom stereocenters. The molecule has 2 aromatic heterocycles. The first-order chi connectivity index (χ1) is 12.5. The molecule has 134 valence electrons. The van der Waals surface area contributed by atoms with E-state index in [1.165, 1.54) is 24.3 Å². The van der Waals surface area contributed by atoms with Crippen molar-refractivity contribution in [2.75, 3.05) is 0 Å².